The standard InChI is InChI=1S/C17H22N4O4S/c1-20(2)15(24)10-18-14(23)11-26-17-19-13-7-4-3-6-12(13)16(25)21(17)8-5-9-22/h3-4,6-7,22H,5,8-11H2,1-2H3,(H,18,23). The summed E-state index contributed by atoms with van der Waals surface area (Å²) in [5.41, 5.74) is 0.359. The Kier molecular flexibility index (Phi) is 7.16. The molecule has 0 aliphatic heterocycles. The Balaban J connectivity index is 2.15. The van der Waals surface area contributed by atoms with Crippen molar-refractivity contribution < 1.29 is 14.7 Å². The molecule has 8 nitrogen and oxygen atoms in total. The lowest BCUT2D eigenvalue weighted by molar-refractivity contribution is -0.130. The van der Waals surface area contributed by atoms with E-state index in [4.69, 9.17) is 5.11 Å². The first-order chi connectivity index (χ1) is 12.4. The van der Waals surface area contributed by atoms with E-state index < -0.39 is 0 Å². The molecule has 0 bridgehead atoms. The molecule has 0 fully saturated rings. The van der Waals surface area contributed by atoms with Gasteiger partial charge in [-0.1, -0.05) is 23.9 Å². The summed E-state index contributed by atoms with van der Waals surface area (Å²) in [7, 11) is 3.23. The molecule has 9 heteroatoms. The van der Waals surface area contributed by atoms with Crippen LogP contribution in [-0.2, 0) is 16.1 Å². The van der Waals surface area contributed by atoms with Crippen LogP contribution in [0.5, 0.6) is 0 Å². The SMILES string of the molecule is CN(C)C(=O)CNC(=O)CSc1nc2ccccc2c(=O)n1CCCO. The van der Waals surface area contributed by atoms with Crippen molar-refractivity contribution >= 4 is 34.5 Å². The quantitative estimate of drug-likeness (QED) is 0.498. The number of benzene rings is 1. The monoisotopic (exact) mass is 378 g/mol. The van der Waals surface area contributed by atoms with Gasteiger partial charge in [-0.3, -0.25) is 19.0 Å². The first-order valence-corrected chi connectivity index (χ1v) is 9.12. The van der Waals surface area contributed by atoms with Crippen LogP contribution in [-0.4, -0.2) is 64.4 Å². The van der Waals surface area contributed by atoms with Gasteiger partial charge in [0.15, 0.2) is 5.16 Å². The fourth-order valence-electron chi connectivity index (χ4n) is 2.20. The maximum absolute atomic E-state index is 12.7. The Morgan fingerprint density at radius 1 is 1.31 bits per heavy atom. The lowest BCUT2D eigenvalue weighted by Gasteiger charge is -2.13. The Morgan fingerprint density at radius 2 is 2.04 bits per heavy atom. The molecule has 2 N–H and O–H groups in total. The third-order valence-electron chi connectivity index (χ3n) is 3.63. The van der Waals surface area contributed by atoms with Gasteiger partial charge in [-0.05, 0) is 18.6 Å². The van der Waals surface area contributed by atoms with Crippen LogP contribution >= 0.6 is 11.8 Å². The number of hydrogen-bond acceptors (Lipinski definition) is 6. The number of fused-ring (bicyclic) bond motifs is 1. The predicted octanol–water partition coefficient (Wildman–Crippen LogP) is 0.0754. The van der Waals surface area contributed by atoms with Crippen LogP contribution < -0.4 is 10.9 Å². The summed E-state index contributed by atoms with van der Waals surface area (Å²) in [6, 6.07) is 7.01. The van der Waals surface area contributed by atoms with Gasteiger partial charge < -0.3 is 15.3 Å². The minimum Gasteiger partial charge on any atom is -0.396 e. The molecule has 0 spiro atoms. The third kappa shape index (κ3) is 5.06. The highest BCUT2D eigenvalue weighted by Crippen LogP contribution is 2.17. The molecule has 0 unspecified atom stereocenters. The van der Waals surface area contributed by atoms with Crippen LogP contribution in [0.4, 0.5) is 0 Å². The van der Waals surface area contributed by atoms with Crippen LogP contribution in [0.15, 0.2) is 34.2 Å². The number of para-hydroxylation sites is 1. The molecule has 0 saturated heterocycles. The maximum atomic E-state index is 12.7. The Bertz CT molecular complexity index is 850. The smallest absolute Gasteiger partial charge is 0.262 e. The number of carbonyl (C=O) groups is 2. The molecular weight excluding hydrogens is 356 g/mol. The molecule has 140 valence electrons. The number of aromatic nitrogens is 2. The average molecular weight is 378 g/mol. The summed E-state index contributed by atoms with van der Waals surface area (Å²) in [5, 5.41) is 12.5. The highest BCUT2D eigenvalue weighted by atomic mass is 32.2. The lowest BCUT2D eigenvalue weighted by atomic mass is 10.2. The molecule has 1 aromatic heterocycles. The fourth-order valence-corrected chi connectivity index (χ4v) is 3.05. The number of nitrogens with one attached hydrogen (secondary N) is 1. The van der Waals surface area contributed by atoms with Gasteiger partial charge in [0.2, 0.25) is 11.8 Å². The Morgan fingerprint density at radius 3 is 2.73 bits per heavy atom. The Labute approximate surface area is 155 Å². The second kappa shape index (κ2) is 9.35. The molecular formula is C17H22N4O4S. The maximum Gasteiger partial charge on any atom is 0.262 e. The van der Waals surface area contributed by atoms with Gasteiger partial charge in [-0.2, -0.15) is 0 Å². The first kappa shape index (κ1) is 19.9. The molecule has 0 aliphatic rings. The third-order valence-corrected chi connectivity index (χ3v) is 4.61. The molecule has 1 heterocycles. The summed E-state index contributed by atoms with van der Waals surface area (Å²) >= 11 is 1.13. The van der Waals surface area contributed by atoms with Crippen molar-refractivity contribution in [3.63, 3.8) is 0 Å². The number of likely N-dealkylation sites (N-methyl/N-ethyl adjacent to an activating group) is 1. The highest BCUT2D eigenvalue weighted by molar-refractivity contribution is 7.99. The van der Waals surface area contributed by atoms with Crippen LogP contribution in [0.3, 0.4) is 0 Å². The van der Waals surface area contributed by atoms with Crippen LogP contribution in [0, 0.1) is 0 Å². The minimum absolute atomic E-state index is 0.0324. The van der Waals surface area contributed by atoms with E-state index in [1.165, 1.54) is 9.47 Å². The average Bonchev–Trinajstić information content (AvgIpc) is 2.63. The topological polar surface area (TPSA) is 105 Å². The summed E-state index contributed by atoms with van der Waals surface area (Å²) in [5.74, 6) is -0.488. The number of aliphatic hydroxyl groups excluding tert-OH is 1. The van der Waals surface area contributed by atoms with Gasteiger partial charge >= 0.3 is 0 Å². The second-order valence-electron chi connectivity index (χ2n) is 5.80. The molecule has 2 aromatic rings. The number of amides is 2. The lowest BCUT2D eigenvalue weighted by Crippen LogP contribution is -2.37. The van der Waals surface area contributed by atoms with Gasteiger partial charge in [0.25, 0.3) is 5.56 Å². The van der Waals surface area contributed by atoms with Crippen LogP contribution in [0.1, 0.15) is 6.42 Å². The largest absolute Gasteiger partial charge is 0.396 e. The van der Waals surface area contributed by atoms with Crippen molar-refractivity contribution in [3.8, 4) is 0 Å². The van der Waals surface area contributed by atoms with Gasteiger partial charge in [-0.15, -0.1) is 0 Å². The molecule has 1 aromatic carbocycles. The number of thioether (sulfide) groups is 1. The van der Waals surface area contributed by atoms with Gasteiger partial charge in [0.05, 0.1) is 23.2 Å². The minimum atomic E-state index is -0.318. The molecule has 0 saturated carbocycles. The van der Waals surface area contributed by atoms with E-state index in [2.05, 4.69) is 10.3 Å². The fraction of sp³-hybridized carbons (Fsp3) is 0.412. The molecule has 0 atom stereocenters. The van der Waals surface area contributed by atoms with Crippen molar-refractivity contribution in [2.45, 2.75) is 18.1 Å². The van der Waals surface area contributed by atoms with Crippen molar-refractivity contribution in [2.24, 2.45) is 0 Å². The van der Waals surface area contributed by atoms with Gasteiger partial charge in [0, 0.05) is 27.2 Å². The second-order valence-corrected chi connectivity index (χ2v) is 6.74. The molecule has 26 heavy (non-hydrogen) atoms. The molecule has 2 rings (SSSR count). The molecule has 0 radical (unpaired) electrons. The molecule has 0 aliphatic carbocycles. The number of carbonyl (C=O) groups excluding carboxylic acids is 2. The van der Waals surface area contributed by atoms with E-state index >= 15 is 0 Å². The van der Waals surface area contributed by atoms with Crippen molar-refractivity contribution in [1.82, 2.24) is 19.8 Å². The van der Waals surface area contributed by atoms with E-state index in [0.717, 1.165) is 11.8 Å². The summed E-state index contributed by atoms with van der Waals surface area (Å²) in [6.45, 7) is 0.196. The van der Waals surface area contributed by atoms with Crippen LogP contribution in [0.2, 0.25) is 0 Å². The molecule has 2 amide bonds. The number of hydrogen-bond donors (Lipinski definition) is 2. The zero-order valence-corrected chi connectivity index (χ0v) is 15.6. The van der Waals surface area contributed by atoms with Crippen molar-refractivity contribution in [3.05, 3.63) is 34.6 Å². The van der Waals surface area contributed by atoms with E-state index in [1.807, 2.05) is 0 Å². The number of nitrogens with zero attached hydrogens (tertiary/aromatic N) is 3. The number of rotatable bonds is 8. The summed E-state index contributed by atoms with van der Waals surface area (Å²) in [4.78, 5) is 42.0. The first-order valence-electron chi connectivity index (χ1n) is 8.14. The van der Waals surface area contributed by atoms with Crippen LogP contribution in [0.25, 0.3) is 10.9 Å². The van der Waals surface area contributed by atoms with Crippen molar-refractivity contribution in [1.29, 1.82) is 0 Å². The van der Waals surface area contributed by atoms with E-state index in [1.54, 1.807) is 38.4 Å². The van der Waals surface area contributed by atoms with Gasteiger partial charge in [0.1, 0.15) is 0 Å². The summed E-state index contributed by atoms with van der Waals surface area (Å²) in [6.07, 6.45) is 0.414. The van der Waals surface area contributed by atoms with E-state index in [0.29, 0.717) is 29.0 Å². The number of aliphatic hydroxyl groups is 1. The van der Waals surface area contributed by atoms with E-state index in [9.17, 15) is 14.4 Å². The van der Waals surface area contributed by atoms with Crippen molar-refractivity contribution in [2.75, 3.05) is 33.0 Å². The zero-order valence-electron chi connectivity index (χ0n) is 14.8. The normalized spacial score (nSPS) is 10.7. The van der Waals surface area contributed by atoms with Gasteiger partial charge in [-0.25, -0.2) is 4.98 Å². The zero-order chi connectivity index (χ0) is 19.1. The van der Waals surface area contributed by atoms with E-state index in [-0.39, 0.29) is 36.3 Å². The predicted molar refractivity (Wildman–Crippen MR) is 100 cm³/mol. The Hall–Kier alpha value is -2.39. The summed E-state index contributed by atoms with van der Waals surface area (Å²) < 4.78 is 1.47. The highest BCUT2D eigenvalue weighted by Gasteiger charge is 2.13.